The second-order valence-corrected chi connectivity index (χ2v) is 8.55. The van der Waals surface area contributed by atoms with Gasteiger partial charge in [0.15, 0.2) is 0 Å². The fourth-order valence-electron chi connectivity index (χ4n) is 3.29. The van der Waals surface area contributed by atoms with E-state index in [0.717, 1.165) is 15.6 Å². The van der Waals surface area contributed by atoms with E-state index in [1.54, 1.807) is 48.9 Å². The molecule has 2 heterocycles. The van der Waals surface area contributed by atoms with Crippen LogP contribution >= 0.6 is 0 Å². The Labute approximate surface area is 182 Å². The van der Waals surface area contributed by atoms with Gasteiger partial charge in [-0.1, -0.05) is 13.8 Å². The average Bonchev–Trinajstić information content (AvgIpc) is 3.08. The van der Waals surface area contributed by atoms with Gasteiger partial charge in [-0.25, -0.2) is 0 Å². The second kappa shape index (κ2) is 8.93. The summed E-state index contributed by atoms with van der Waals surface area (Å²) in [6.07, 6.45) is 2.43. The van der Waals surface area contributed by atoms with Gasteiger partial charge in [0.05, 0.1) is 23.4 Å². The van der Waals surface area contributed by atoms with Crippen molar-refractivity contribution in [2.24, 2.45) is 0 Å². The molecule has 0 fully saturated rings. The SMILES string of the molecule is CCOc1cc2nn(CCC(C)(C)O)cc2cc1NC(=O)c1cccc(C(C)C)[n+]1O. The number of anilines is 1. The molecule has 166 valence electrons. The minimum atomic E-state index is -0.780. The Hall–Kier alpha value is -3.13. The van der Waals surface area contributed by atoms with Gasteiger partial charge in [0.2, 0.25) is 5.69 Å². The highest BCUT2D eigenvalue weighted by atomic mass is 16.5. The predicted octanol–water partition coefficient (Wildman–Crippen LogP) is 3.50. The number of hydrogen-bond donors (Lipinski definition) is 3. The van der Waals surface area contributed by atoms with E-state index in [2.05, 4.69) is 10.4 Å². The van der Waals surface area contributed by atoms with Gasteiger partial charge in [-0.3, -0.25) is 14.7 Å². The molecule has 2 aromatic heterocycles. The van der Waals surface area contributed by atoms with E-state index in [1.807, 2.05) is 27.0 Å². The van der Waals surface area contributed by atoms with Crippen molar-refractivity contribution in [1.82, 2.24) is 9.78 Å². The van der Waals surface area contributed by atoms with Gasteiger partial charge in [-0.2, -0.15) is 5.10 Å². The first-order chi connectivity index (χ1) is 14.6. The number of ether oxygens (including phenoxy) is 1. The van der Waals surface area contributed by atoms with Gasteiger partial charge in [-0.15, -0.1) is 0 Å². The van der Waals surface area contributed by atoms with E-state index >= 15 is 0 Å². The van der Waals surface area contributed by atoms with Gasteiger partial charge in [0.1, 0.15) is 5.75 Å². The van der Waals surface area contributed by atoms with Crippen molar-refractivity contribution in [2.45, 2.75) is 59.1 Å². The highest BCUT2D eigenvalue weighted by Gasteiger charge is 2.26. The van der Waals surface area contributed by atoms with Gasteiger partial charge in [0, 0.05) is 47.0 Å². The van der Waals surface area contributed by atoms with Crippen LogP contribution in [-0.2, 0) is 6.54 Å². The van der Waals surface area contributed by atoms with Crippen LogP contribution in [0.5, 0.6) is 5.75 Å². The van der Waals surface area contributed by atoms with Crippen LogP contribution in [0.2, 0.25) is 0 Å². The molecular weight excluding hydrogens is 396 g/mol. The number of aliphatic hydroxyl groups is 1. The maximum atomic E-state index is 12.9. The molecule has 8 heteroatoms. The number of nitrogens with one attached hydrogen (secondary N) is 1. The van der Waals surface area contributed by atoms with Crippen molar-refractivity contribution in [3.8, 4) is 5.75 Å². The zero-order valence-electron chi connectivity index (χ0n) is 18.7. The van der Waals surface area contributed by atoms with Gasteiger partial charge >= 0.3 is 11.6 Å². The topological polar surface area (TPSA) is 100 Å². The fraction of sp³-hybridized carbons (Fsp3) is 0.435. The fourth-order valence-corrected chi connectivity index (χ4v) is 3.29. The van der Waals surface area contributed by atoms with Crippen LogP contribution in [0.25, 0.3) is 10.9 Å². The van der Waals surface area contributed by atoms with Gasteiger partial charge in [-0.05, 0) is 39.3 Å². The van der Waals surface area contributed by atoms with Crippen molar-refractivity contribution in [3.63, 3.8) is 0 Å². The van der Waals surface area contributed by atoms with Crippen LogP contribution in [0.3, 0.4) is 0 Å². The number of benzene rings is 1. The van der Waals surface area contributed by atoms with Crippen LogP contribution in [-0.4, -0.2) is 38.2 Å². The molecule has 0 atom stereocenters. The Morgan fingerprint density at radius 2 is 2.06 bits per heavy atom. The van der Waals surface area contributed by atoms with Crippen molar-refractivity contribution in [1.29, 1.82) is 0 Å². The summed E-state index contributed by atoms with van der Waals surface area (Å²) in [5, 5.41) is 28.7. The van der Waals surface area contributed by atoms with Crippen molar-refractivity contribution < 1.29 is 24.6 Å². The molecule has 1 aromatic carbocycles. The molecule has 3 N–H and O–H groups in total. The monoisotopic (exact) mass is 427 g/mol. The van der Waals surface area contributed by atoms with Crippen molar-refractivity contribution in [2.75, 3.05) is 11.9 Å². The molecule has 8 nitrogen and oxygen atoms in total. The number of rotatable bonds is 8. The number of nitrogens with zero attached hydrogens (tertiary/aromatic N) is 3. The zero-order chi connectivity index (χ0) is 22.8. The Bertz CT molecular complexity index is 1080. The summed E-state index contributed by atoms with van der Waals surface area (Å²) in [6, 6.07) is 8.68. The van der Waals surface area contributed by atoms with Crippen LogP contribution in [0.4, 0.5) is 5.69 Å². The number of aryl methyl sites for hydroxylation is 1. The number of aromatic nitrogens is 3. The number of amides is 1. The molecule has 3 rings (SSSR count). The summed E-state index contributed by atoms with van der Waals surface area (Å²) in [6.45, 7) is 10.3. The molecule has 0 radical (unpaired) electrons. The Morgan fingerprint density at radius 1 is 1.32 bits per heavy atom. The first-order valence-corrected chi connectivity index (χ1v) is 10.5. The van der Waals surface area contributed by atoms with E-state index in [9.17, 15) is 15.1 Å². The Morgan fingerprint density at radius 3 is 2.71 bits per heavy atom. The van der Waals surface area contributed by atoms with Crippen molar-refractivity contribution in [3.05, 3.63) is 47.9 Å². The maximum absolute atomic E-state index is 12.9. The molecule has 0 bridgehead atoms. The second-order valence-electron chi connectivity index (χ2n) is 8.55. The molecule has 0 saturated carbocycles. The van der Waals surface area contributed by atoms with Gasteiger partial charge < -0.3 is 15.2 Å². The molecule has 0 aliphatic carbocycles. The molecule has 0 aliphatic heterocycles. The summed E-state index contributed by atoms with van der Waals surface area (Å²) in [7, 11) is 0. The minimum absolute atomic E-state index is 0.0582. The standard InChI is InChI=1S/C23H30N4O4/c1-6-31-21-13-17-16(14-26(25-17)11-10-23(4,5)29)12-18(21)24-22(28)20-9-7-8-19(15(2)3)27(20)30/h7-9,12-15,29H,6,10-11H2,1-5H3,(H-,24,28,30)/p+1. The molecule has 0 saturated heterocycles. The van der Waals surface area contributed by atoms with Crippen LogP contribution in [0.15, 0.2) is 36.5 Å². The third kappa shape index (κ3) is 5.32. The largest absolute Gasteiger partial charge is 0.492 e. The van der Waals surface area contributed by atoms with Crippen LogP contribution in [0, 0.1) is 0 Å². The first-order valence-electron chi connectivity index (χ1n) is 10.5. The summed E-state index contributed by atoms with van der Waals surface area (Å²) < 4.78 is 8.42. The lowest BCUT2D eigenvalue weighted by molar-refractivity contribution is -0.911. The molecule has 3 aromatic rings. The highest BCUT2D eigenvalue weighted by molar-refractivity contribution is 6.04. The molecule has 0 spiro atoms. The molecule has 1 amide bonds. The lowest BCUT2D eigenvalue weighted by Gasteiger charge is -2.16. The Kier molecular flexibility index (Phi) is 6.50. The van der Waals surface area contributed by atoms with E-state index < -0.39 is 11.5 Å². The van der Waals surface area contributed by atoms with Gasteiger partial charge in [0.25, 0.3) is 0 Å². The third-order valence-electron chi connectivity index (χ3n) is 4.97. The van der Waals surface area contributed by atoms with E-state index in [-0.39, 0.29) is 11.6 Å². The normalized spacial score (nSPS) is 11.8. The highest BCUT2D eigenvalue weighted by Crippen LogP contribution is 2.30. The molecule has 0 aliphatic rings. The smallest absolute Gasteiger partial charge is 0.325 e. The van der Waals surface area contributed by atoms with E-state index in [0.29, 0.717) is 36.7 Å². The van der Waals surface area contributed by atoms with E-state index in [1.165, 1.54) is 0 Å². The molecule has 0 unspecified atom stereocenters. The lowest BCUT2D eigenvalue weighted by Crippen LogP contribution is -2.43. The minimum Gasteiger partial charge on any atom is -0.492 e. The third-order valence-corrected chi connectivity index (χ3v) is 4.97. The quantitative estimate of drug-likeness (QED) is 0.377. The lowest BCUT2D eigenvalue weighted by atomic mass is 10.1. The number of carbonyl (C=O) groups is 1. The number of hydrogen-bond acceptors (Lipinski definition) is 5. The first kappa shape index (κ1) is 22.6. The molecular formula is C23H31N4O4+. The number of fused-ring (bicyclic) bond motifs is 1. The summed E-state index contributed by atoms with van der Waals surface area (Å²) in [4.78, 5) is 12.9. The van der Waals surface area contributed by atoms with Crippen molar-refractivity contribution >= 4 is 22.5 Å². The summed E-state index contributed by atoms with van der Waals surface area (Å²) in [5.41, 5.74) is 1.22. The summed E-state index contributed by atoms with van der Waals surface area (Å²) in [5.74, 6) is 0.114. The number of carbonyl (C=O) groups excluding carboxylic acids is 1. The Balaban J connectivity index is 1.92. The van der Waals surface area contributed by atoms with Crippen LogP contribution in [0.1, 0.15) is 63.1 Å². The predicted molar refractivity (Wildman–Crippen MR) is 118 cm³/mol. The average molecular weight is 428 g/mol. The zero-order valence-corrected chi connectivity index (χ0v) is 18.7. The summed E-state index contributed by atoms with van der Waals surface area (Å²) >= 11 is 0. The number of pyridine rings is 1. The molecule has 31 heavy (non-hydrogen) atoms. The van der Waals surface area contributed by atoms with Crippen LogP contribution < -0.4 is 14.8 Å². The van der Waals surface area contributed by atoms with E-state index in [4.69, 9.17) is 4.74 Å². The maximum Gasteiger partial charge on any atom is 0.325 e.